The number of nitrogens with one attached hydrogen (secondary N) is 1. The van der Waals surface area contributed by atoms with Gasteiger partial charge in [-0.15, -0.1) is 11.3 Å². The molecule has 15 heavy (non-hydrogen) atoms. The Morgan fingerprint density at radius 3 is 2.93 bits per heavy atom. The van der Waals surface area contributed by atoms with Crippen LogP contribution in [0.15, 0.2) is 9.85 Å². The van der Waals surface area contributed by atoms with Gasteiger partial charge in [-0.2, -0.15) is 5.10 Å². The minimum Gasteiger partial charge on any atom is -0.300 e. The molecule has 1 N–H and O–H groups in total. The summed E-state index contributed by atoms with van der Waals surface area (Å²) < 4.78 is 3.82. The largest absolute Gasteiger partial charge is 0.300 e. The van der Waals surface area contributed by atoms with Crippen molar-refractivity contribution in [3.63, 3.8) is 0 Å². The van der Waals surface area contributed by atoms with Crippen molar-refractivity contribution in [2.75, 3.05) is 0 Å². The first kappa shape index (κ1) is 11.0. The lowest BCUT2D eigenvalue weighted by atomic mass is 10.3. The quantitative estimate of drug-likeness (QED) is 0.857. The van der Waals surface area contributed by atoms with Gasteiger partial charge in [0.15, 0.2) is 10.6 Å². The molecule has 0 aliphatic carbocycles. The summed E-state index contributed by atoms with van der Waals surface area (Å²) in [4.78, 5) is 1.13. The maximum absolute atomic E-state index is 5.15. The third-order valence-electron chi connectivity index (χ3n) is 2.15. The van der Waals surface area contributed by atoms with Crippen molar-refractivity contribution in [3.8, 4) is 10.7 Å². The maximum Gasteiger partial charge on any atom is 0.195 e. The SMILES string of the molecule is CCn1c(-c2cc(C)c(Br)s2)n[nH]c1=S. The van der Waals surface area contributed by atoms with Gasteiger partial charge in [-0.1, -0.05) is 0 Å². The van der Waals surface area contributed by atoms with Gasteiger partial charge in [0, 0.05) is 6.54 Å². The van der Waals surface area contributed by atoms with Crippen molar-refractivity contribution in [1.29, 1.82) is 0 Å². The predicted octanol–water partition coefficient (Wildman–Crippen LogP) is 3.76. The molecular weight excluding hydrogens is 294 g/mol. The number of aryl methyl sites for hydroxylation is 1. The lowest BCUT2D eigenvalue weighted by Crippen LogP contribution is -1.96. The molecule has 0 spiro atoms. The van der Waals surface area contributed by atoms with E-state index in [4.69, 9.17) is 12.2 Å². The number of H-pyrrole nitrogens is 1. The molecule has 0 saturated carbocycles. The number of aromatic nitrogens is 3. The molecule has 0 aliphatic heterocycles. The van der Waals surface area contributed by atoms with Gasteiger partial charge < -0.3 is 0 Å². The summed E-state index contributed by atoms with van der Waals surface area (Å²) in [6.07, 6.45) is 0. The van der Waals surface area contributed by atoms with Crippen molar-refractivity contribution < 1.29 is 0 Å². The van der Waals surface area contributed by atoms with Crippen LogP contribution in [0.1, 0.15) is 12.5 Å². The van der Waals surface area contributed by atoms with Crippen molar-refractivity contribution in [2.24, 2.45) is 0 Å². The molecule has 2 aromatic heterocycles. The van der Waals surface area contributed by atoms with Crippen LogP contribution < -0.4 is 0 Å². The van der Waals surface area contributed by atoms with Crippen molar-refractivity contribution in [1.82, 2.24) is 14.8 Å². The van der Waals surface area contributed by atoms with E-state index < -0.39 is 0 Å². The number of nitrogens with zero attached hydrogens (tertiary/aromatic N) is 2. The molecule has 2 rings (SSSR count). The monoisotopic (exact) mass is 303 g/mol. The van der Waals surface area contributed by atoms with Crippen molar-refractivity contribution in [2.45, 2.75) is 20.4 Å². The van der Waals surface area contributed by atoms with Gasteiger partial charge in [0.05, 0.1) is 8.66 Å². The van der Waals surface area contributed by atoms with Crippen LogP contribution in [0.4, 0.5) is 0 Å². The molecule has 80 valence electrons. The normalized spacial score (nSPS) is 10.9. The second kappa shape index (κ2) is 4.19. The molecule has 0 bridgehead atoms. The average molecular weight is 304 g/mol. The molecule has 3 nitrogen and oxygen atoms in total. The van der Waals surface area contributed by atoms with E-state index in [1.807, 2.05) is 4.57 Å². The zero-order valence-electron chi connectivity index (χ0n) is 8.37. The summed E-state index contributed by atoms with van der Waals surface area (Å²) in [5.41, 5.74) is 1.23. The topological polar surface area (TPSA) is 33.6 Å². The van der Waals surface area contributed by atoms with E-state index in [0.717, 1.165) is 21.0 Å². The van der Waals surface area contributed by atoms with Gasteiger partial charge in [-0.3, -0.25) is 9.67 Å². The van der Waals surface area contributed by atoms with E-state index in [9.17, 15) is 0 Å². The highest BCUT2D eigenvalue weighted by atomic mass is 79.9. The lowest BCUT2D eigenvalue weighted by Gasteiger charge is -1.99. The van der Waals surface area contributed by atoms with E-state index in [2.05, 4.69) is 46.0 Å². The predicted molar refractivity (Wildman–Crippen MR) is 68.8 cm³/mol. The Kier molecular flexibility index (Phi) is 3.08. The highest BCUT2D eigenvalue weighted by Crippen LogP contribution is 2.33. The third kappa shape index (κ3) is 1.93. The Morgan fingerprint density at radius 1 is 1.67 bits per heavy atom. The fourth-order valence-electron chi connectivity index (χ4n) is 1.37. The second-order valence-electron chi connectivity index (χ2n) is 3.16. The fraction of sp³-hybridized carbons (Fsp3) is 0.333. The molecule has 2 aromatic rings. The van der Waals surface area contributed by atoms with Crippen LogP contribution >= 0.6 is 39.5 Å². The summed E-state index contributed by atoms with van der Waals surface area (Å²) >= 11 is 10.3. The van der Waals surface area contributed by atoms with Gasteiger partial charge in [0.1, 0.15) is 0 Å². The van der Waals surface area contributed by atoms with E-state index >= 15 is 0 Å². The molecular formula is C9H10BrN3S2. The van der Waals surface area contributed by atoms with Crippen LogP contribution in [0.3, 0.4) is 0 Å². The first-order valence-corrected chi connectivity index (χ1v) is 6.56. The lowest BCUT2D eigenvalue weighted by molar-refractivity contribution is 0.757. The van der Waals surface area contributed by atoms with Gasteiger partial charge in [0.2, 0.25) is 0 Å². The van der Waals surface area contributed by atoms with Crippen LogP contribution in [-0.4, -0.2) is 14.8 Å². The average Bonchev–Trinajstić information content (AvgIpc) is 2.71. The fourth-order valence-corrected chi connectivity index (χ4v) is 3.16. The zero-order chi connectivity index (χ0) is 11.0. The summed E-state index contributed by atoms with van der Waals surface area (Å²) in [5, 5.41) is 7.07. The summed E-state index contributed by atoms with van der Waals surface area (Å²) in [7, 11) is 0. The molecule has 0 saturated heterocycles. The second-order valence-corrected chi connectivity index (χ2v) is 5.92. The number of hydrogen-bond donors (Lipinski definition) is 1. The third-order valence-corrected chi connectivity index (χ3v) is 4.60. The molecule has 6 heteroatoms. The number of thiophene rings is 1. The Labute approximate surface area is 105 Å². The van der Waals surface area contributed by atoms with Gasteiger partial charge in [-0.25, -0.2) is 0 Å². The highest BCUT2D eigenvalue weighted by molar-refractivity contribution is 9.11. The van der Waals surface area contributed by atoms with E-state index in [0.29, 0.717) is 4.77 Å². The summed E-state index contributed by atoms with van der Waals surface area (Å²) in [6.45, 7) is 4.96. The minimum atomic E-state index is 0.676. The van der Waals surface area contributed by atoms with E-state index in [-0.39, 0.29) is 0 Å². The van der Waals surface area contributed by atoms with E-state index in [1.54, 1.807) is 11.3 Å². The van der Waals surface area contributed by atoms with Crippen LogP contribution in [0.5, 0.6) is 0 Å². The van der Waals surface area contributed by atoms with Crippen LogP contribution in [0.2, 0.25) is 0 Å². The molecule has 0 amide bonds. The molecule has 2 heterocycles. The highest BCUT2D eigenvalue weighted by Gasteiger charge is 2.11. The van der Waals surface area contributed by atoms with Crippen LogP contribution in [0.25, 0.3) is 10.7 Å². The number of rotatable bonds is 2. The standard InChI is InChI=1S/C9H10BrN3S2/c1-3-13-8(11-12-9(13)14)6-4-5(2)7(10)15-6/h4H,3H2,1-2H3,(H,12,14). The first-order valence-electron chi connectivity index (χ1n) is 4.55. The summed E-state index contributed by atoms with van der Waals surface area (Å²) in [5.74, 6) is 0.918. The Hall–Kier alpha value is -0.460. The van der Waals surface area contributed by atoms with Gasteiger partial charge >= 0.3 is 0 Å². The maximum atomic E-state index is 5.15. The van der Waals surface area contributed by atoms with Crippen molar-refractivity contribution >= 4 is 39.5 Å². The molecule has 0 atom stereocenters. The van der Waals surface area contributed by atoms with Crippen LogP contribution in [0, 0.1) is 11.7 Å². The smallest absolute Gasteiger partial charge is 0.195 e. The zero-order valence-corrected chi connectivity index (χ0v) is 11.6. The van der Waals surface area contributed by atoms with Gasteiger partial charge in [-0.05, 0) is 53.6 Å². The van der Waals surface area contributed by atoms with E-state index in [1.165, 1.54) is 5.56 Å². The number of aromatic amines is 1. The molecule has 0 radical (unpaired) electrons. The Bertz CT molecular complexity index is 518. The number of hydrogen-bond acceptors (Lipinski definition) is 3. The molecule has 0 aliphatic rings. The Balaban J connectivity index is 2.58. The molecule has 0 fully saturated rings. The first-order chi connectivity index (χ1) is 7.13. The van der Waals surface area contributed by atoms with Crippen LogP contribution in [-0.2, 0) is 6.54 Å². The minimum absolute atomic E-state index is 0.676. The van der Waals surface area contributed by atoms with Gasteiger partial charge in [0.25, 0.3) is 0 Å². The summed E-state index contributed by atoms with van der Waals surface area (Å²) in [6, 6.07) is 2.12. The molecule has 0 aromatic carbocycles. The van der Waals surface area contributed by atoms with Crippen molar-refractivity contribution in [3.05, 3.63) is 20.2 Å². The molecule has 0 unspecified atom stereocenters. The number of halogens is 1. The Morgan fingerprint density at radius 2 is 2.40 bits per heavy atom.